The van der Waals surface area contributed by atoms with Gasteiger partial charge in [-0.1, -0.05) is 12.5 Å². The normalized spacial score (nSPS) is 19.8. The monoisotopic (exact) mass is 276 g/mol. The van der Waals surface area contributed by atoms with Crippen molar-refractivity contribution in [2.24, 2.45) is 0 Å². The van der Waals surface area contributed by atoms with Gasteiger partial charge in [0, 0.05) is 11.7 Å². The number of benzene rings is 1. The molecule has 2 rings (SSSR count). The summed E-state index contributed by atoms with van der Waals surface area (Å²) in [5, 5.41) is 0. The van der Waals surface area contributed by atoms with E-state index in [1.807, 2.05) is 6.92 Å². The first-order chi connectivity index (χ1) is 9.59. The highest BCUT2D eigenvalue weighted by Crippen LogP contribution is 2.19. The van der Waals surface area contributed by atoms with E-state index in [1.54, 1.807) is 18.2 Å². The molecule has 1 aliphatic heterocycles. The lowest BCUT2D eigenvalue weighted by atomic mass is 10.0. The third kappa shape index (κ3) is 3.51. The Bertz CT molecular complexity index is 474. The van der Waals surface area contributed by atoms with Gasteiger partial charge in [0.05, 0.1) is 12.2 Å². The summed E-state index contributed by atoms with van der Waals surface area (Å²) in [6.07, 6.45) is 4.65. The smallest absolute Gasteiger partial charge is 0.338 e. The first kappa shape index (κ1) is 14.9. The Kier molecular flexibility index (Phi) is 5.01. The lowest BCUT2D eigenvalue weighted by molar-refractivity contribution is 0.0449. The SMILES string of the molecule is Cc1c(N)cccc1C(=O)OCCC1CCCCN1C. The van der Waals surface area contributed by atoms with Crippen molar-refractivity contribution in [1.29, 1.82) is 0 Å². The number of ether oxygens (including phenoxy) is 1. The number of anilines is 1. The number of carbonyl (C=O) groups excluding carboxylic acids is 1. The zero-order valence-electron chi connectivity index (χ0n) is 12.4. The van der Waals surface area contributed by atoms with E-state index in [0.29, 0.717) is 23.9 Å². The van der Waals surface area contributed by atoms with Crippen LogP contribution in [0.5, 0.6) is 0 Å². The molecular formula is C16H24N2O2. The van der Waals surface area contributed by atoms with Crippen LogP contribution in [0.25, 0.3) is 0 Å². The molecule has 1 heterocycles. The van der Waals surface area contributed by atoms with Gasteiger partial charge in [0.15, 0.2) is 0 Å². The topological polar surface area (TPSA) is 55.6 Å². The van der Waals surface area contributed by atoms with Crippen molar-refractivity contribution in [3.63, 3.8) is 0 Å². The molecule has 1 aliphatic rings. The standard InChI is InChI=1S/C16H24N2O2/c1-12-14(7-5-8-15(12)17)16(19)20-11-9-13-6-3-4-10-18(13)2/h5,7-8,13H,3-4,6,9-11,17H2,1-2H3. The van der Waals surface area contributed by atoms with Crippen molar-refractivity contribution in [3.05, 3.63) is 29.3 Å². The van der Waals surface area contributed by atoms with E-state index in [0.717, 1.165) is 18.5 Å². The molecule has 0 bridgehead atoms. The van der Waals surface area contributed by atoms with E-state index in [2.05, 4.69) is 11.9 Å². The predicted octanol–water partition coefficient (Wildman–Crippen LogP) is 2.61. The number of carbonyl (C=O) groups is 1. The van der Waals surface area contributed by atoms with Crippen molar-refractivity contribution in [1.82, 2.24) is 4.90 Å². The second-order valence-electron chi connectivity index (χ2n) is 5.57. The molecule has 1 aromatic carbocycles. The number of rotatable bonds is 4. The molecule has 0 spiro atoms. The molecule has 0 saturated carbocycles. The summed E-state index contributed by atoms with van der Waals surface area (Å²) in [6, 6.07) is 5.89. The summed E-state index contributed by atoms with van der Waals surface area (Å²) < 4.78 is 5.39. The Labute approximate surface area is 120 Å². The van der Waals surface area contributed by atoms with Crippen molar-refractivity contribution in [2.75, 3.05) is 25.9 Å². The number of esters is 1. The Hall–Kier alpha value is -1.55. The van der Waals surface area contributed by atoms with E-state index in [4.69, 9.17) is 10.5 Å². The molecule has 1 unspecified atom stereocenters. The van der Waals surface area contributed by atoms with Gasteiger partial charge in [0.2, 0.25) is 0 Å². The molecule has 0 amide bonds. The van der Waals surface area contributed by atoms with Gasteiger partial charge in [-0.15, -0.1) is 0 Å². The van der Waals surface area contributed by atoms with Crippen LogP contribution in [0.4, 0.5) is 5.69 Å². The summed E-state index contributed by atoms with van der Waals surface area (Å²) in [7, 11) is 2.15. The number of nitrogen functional groups attached to an aromatic ring is 1. The van der Waals surface area contributed by atoms with Crippen LogP contribution in [0.2, 0.25) is 0 Å². The highest BCUT2D eigenvalue weighted by Gasteiger charge is 2.19. The van der Waals surface area contributed by atoms with E-state index in [1.165, 1.54) is 19.3 Å². The van der Waals surface area contributed by atoms with Crippen LogP contribution in [-0.4, -0.2) is 37.1 Å². The second kappa shape index (κ2) is 6.75. The van der Waals surface area contributed by atoms with Gasteiger partial charge in [-0.25, -0.2) is 4.79 Å². The summed E-state index contributed by atoms with van der Waals surface area (Å²) in [6.45, 7) is 3.47. The fourth-order valence-electron chi connectivity index (χ4n) is 2.75. The number of hydrogen-bond donors (Lipinski definition) is 1. The maximum atomic E-state index is 12.0. The number of piperidine rings is 1. The molecule has 0 radical (unpaired) electrons. The molecular weight excluding hydrogens is 252 g/mol. The zero-order valence-corrected chi connectivity index (χ0v) is 12.4. The first-order valence-corrected chi connectivity index (χ1v) is 7.32. The summed E-state index contributed by atoms with van der Waals surface area (Å²) in [5.41, 5.74) is 7.81. The van der Waals surface area contributed by atoms with Crippen molar-refractivity contribution in [3.8, 4) is 0 Å². The maximum Gasteiger partial charge on any atom is 0.338 e. The fraction of sp³-hybridized carbons (Fsp3) is 0.562. The van der Waals surface area contributed by atoms with Gasteiger partial charge in [-0.2, -0.15) is 0 Å². The second-order valence-corrected chi connectivity index (χ2v) is 5.57. The summed E-state index contributed by atoms with van der Waals surface area (Å²) in [5.74, 6) is -0.270. The highest BCUT2D eigenvalue weighted by molar-refractivity contribution is 5.92. The molecule has 2 N–H and O–H groups in total. The van der Waals surface area contributed by atoms with Gasteiger partial charge in [-0.05, 0) is 57.5 Å². The van der Waals surface area contributed by atoms with Crippen LogP contribution in [0, 0.1) is 6.92 Å². The van der Waals surface area contributed by atoms with Gasteiger partial charge < -0.3 is 15.4 Å². The number of nitrogens with zero attached hydrogens (tertiary/aromatic N) is 1. The van der Waals surface area contributed by atoms with Crippen molar-refractivity contribution >= 4 is 11.7 Å². The van der Waals surface area contributed by atoms with Crippen molar-refractivity contribution in [2.45, 2.75) is 38.6 Å². The van der Waals surface area contributed by atoms with Crippen LogP contribution < -0.4 is 5.73 Å². The number of nitrogens with two attached hydrogens (primary N) is 1. The van der Waals surface area contributed by atoms with E-state index in [9.17, 15) is 4.79 Å². The lowest BCUT2D eigenvalue weighted by Crippen LogP contribution is -2.37. The van der Waals surface area contributed by atoms with Crippen LogP contribution >= 0.6 is 0 Å². The molecule has 20 heavy (non-hydrogen) atoms. The molecule has 1 aromatic rings. The van der Waals surface area contributed by atoms with Crippen LogP contribution in [-0.2, 0) is 4.74 Å². The Morgan fingerprint density at radius 1 is 1.45 bits per heavy atom. The van der Waals surface area contributed by atoms with E-state index < -0.39 is 0 Å². The van der Waals surface area contributed by atoms with E-state index >= 15 is 0 Å². The van der Waals surface area contributed by atoms with Crippen LogP contribution in [0.1, 0.15) is 41.6 Å². The summed E-state index contributed by atoms with van der Waals surface area (Å²) >= 11 is 0. The third-order valence-corrected chi connectivity index (χ3v) is 4.20. The minimum absolute atomic E-state index is 0.270. The molecule has 1 saturated heterocycles. The third-order valence-electron chi connectivity index (χ3n) is 4.20. The molecule has 0 aromatic heterocycles. The Balaban J connectivity index is 1.84. The average molecular weight is 276 g/mol. The van der Waals surface area contributed by atoms with Crippen LogP contribution in [0.3, 0.4) is 0 Å². The molecule has 4 heteroatoms. The number of hydrogen-bond acceptors (Lipinski definition) is 4. The minimum Gasteiger partial charge on any atom is -0.462 e. The maximum absolute atomic E-state index is 12.0. The molecule has 1 fully saturated rings. The minimum atomic E-state index is -0.270. The average Bonchev–Trinajstić information content (AvgIpc) is 2.44. The van der Waals surface area contributed by atoms with Gasteiger partial charge >= 0.3 is 5.97 Å². The first-order valence-electron chi connectivity index (χ1n) is 7.32. The summed E-state index contributed by atoms with van der Waals surface area (Å²) in [4.78, 5) is 14.4. The Morgan fingerprint density at radius 3 is 3.00 bits per heavy atom. The van der Waals surface area contributed by atoms with Crippen molar-refractivity contribution < 1.29 is 9.53 Å². The van der Waals surface area contributed by atoms with Gasteiger partial charge in [0.1, 0.15) is 0 Å². The molecule has 4 nitrogen and oxygen atoms in total. The fourth-order valence-corrected chi connectivity index (χ4v) is 2.75. The van der Waals surface area contributed by atoms with Gasteiger partial charge in [0.25, 0.3) is 0 Å². The number of likely N-dealkylation sites (tertiary alicyclic amines) is 1. The van der Waals surface area contributed by atoms with E-state index in [-0.39, 0.29) is 5.97 Å². The van der Waals surface area contributed by atoms with Gasteiger partial charge in [-0.3, -0.25) is 0 Å². The quantitative estimate of drug-likeness (QED) is 0.678. The predicted molar refractivity (Wildman–Crippen MR) is 80.8 cm³/mol. The lowest BCUT2D eigenvalue weighted by Gasteiger charge is -2.32. The molecule has 110 valence electrons. The molecule has 1 atom stereocenters. The molecule has 0 aliphatic carbocycles. The largest absolute Gasteiger partial charge is 0.462 e. The Morgan fingerprint density at radius 2 is 2.25 bits per heavy atom. The van der Waals surface area contributed by atoms with Crippen LogP contribution in [0.15, 0.2) is 18.2 Å². The zero-order chi connectivity index (χ0) is 14.5. The highest BCUT2D eigenvalue weighted by atomic mass is 16.5.